The fraction of sp³-hybridized carbons (Fsp3) is 0.333. The summed E-state index contributed by atoms with van der Waals surface area (Å²) in [5.74, 6) is -0.0794. The molecule has 1 heterocycles. The van der Waals surface area contributed by atoms with Crippen molar-refractivity contribution in [2.24, 2.45) is 0 Å². The average Bonchev–Trinajstić information content (AvgIpc) is 2.70. The van der Waals surface area contributed by atoms with Crippen LogP contribution in [-0.2, 0) is 4.79 Å². The molecule has 0 spiro atoms. The third kappa shape index (κ3) is 5.01. The van der Waals surface area contributed by atoms with E-state index in [9.17, 15) is 9.59 Å². The lowest BCUT2D eigenvalue weighted by Crippen LogP contribution is -2.35. The van der Waals surface area contributed by atoms with Gasteiger partial charge in [-0.1, -0.05) is 17.7 Å². The molecule has 6 heteroatoms. The van der Waals surface area contributed by atoms with Crippen LogP contribution in [0.25, 0.3) is 0 Å². The molecule has 0 aromatic heterocycles. The Balaban J connectivity index is 1.53. The fourth-order valence-corrected chi connectivity index (χ4v) is 3.30. The number of nitrogens with one attached hydrogen (secondary N) is 2. The quantitative estimate of drug-likeness (QED) is 0.805. The van der Waals surface area contributed by atoms with E-state index in [1.807, 2.05) is 30.0 Å². The molecule has 0 saturated carbocycles. The second-order valence-corrected chi connectivity index (χ2v) is 7.15. The highest BCUT2D eigenvalue weighted by Crippen LogP contribution is 2.23. The van der Waals surface area contributed by atoms with E-state index >= 15 is 0 Å². The first-order valence-corrected chi connectivity index (χ1v) is 9.60. The number of likely N-dealkylation sites (tertiary alicyclic amines) is 1. The van der Waals surface area contributed by atoms with Crippen LogP contribution in [0.5, 0.6) is 0 Å². The Morgan fingerprint density at radius 2 is 1.74 bits per heavy atom. The summed E-state index contributed by atoms with van der Waals surface area (Å²) in [5, 5.41) is 6.54. The standard InChI is InChI=1S/C21H24ClN3O2/c1-15-18(22)6-5-7-19(15)24-20(26)14-23-17-10-8-16(9-11-17)21(27)25-12-3-2-4-13-25/h5-11,23H,2-4,12-14H2,1H3,(H,24,26). The average molecular weight is 386 g/mol. The molecule has 2 aromatic rings. The highest BCUT2D eigenvalue weighted by atomic mass is 35.5. The number of hydrogen-bond acceptors (Lipinski definition) is 3. The summed E-state index contributed by atoms with van der Waals surface area (Å²) < 4.78 is 0. The zero-order valence-electron chi connectivity index (χ0n) is 15.4. The van der Waals surface area contributed by atoms with Crippen LogP contribution in [0.15, 0.2) is 42.5 Å². The van der Waals surface area contributed by atoms with Gasteiger partial charge in [-0.3, -0.25) is 9.59 Å². The molecule has 1 fully saturated rings. The molecule has 27 heavy (non-hydrogen) atoms. The smallest absolute Gasteiger partial charge is 0.253 e. The maximum Gasteiger partial charge on any atom is 0.253 e. The number of nitrogens with zero attached hydrogens (tertiary/aromatic N) is 1. The number of carbonyl (C=O) groups is 2. The zero-order chi connectivity index (χ0) is 19.2. The highest BCUT2D eigenvalue weighted by Gasteiger charge is 2.17. The second kappa shape index (κ2) is 8.91. The van der Waals surface area contributed by atoms with Crippen molar-refractivity contribution in [2.75, 3.05) is 30.3 Å². The lowest BCUT2D eigenvalue weighted by Gasteiger charge is -2.26. The molecule has 0 unspecified atom stereocenters. The molecule has 0 atom stereocenters. The van der Waals surface area contributed by atoms with Gasteiger partial charge in [0.2, 0.25) is 5.91 Å². The maximum atomic E-state index is 12.5. The number of benzene rings is 2. The Labute approximate surface area is 164 Å². The van der Waals surface area contributed by atoms with Crippen molar-refractivity contribution in [3.05, 3.63) is 58.6 Å². The Morgan fingerprint density at radius 1 is 1.04 bits per heavy atom. The molecule has 2 amide bonds. The van der Waals surface area contributed by atoms with E-state index in [1.165, 1.54) is 6.42 Å². The molecule has 1 saturated heterocycles. The van der Waals surface area contributed by atoms with Crippen LogP contribution in [0.3, 0.4) is 0 Å². The van der Waals surface area contributed by atoms with E-state index in [0.29, 0.717) is 16.3 Å². The van der Waals surface area contributed by atoms with Gasteiger partial charge in [-0.25, -0.2) is 0 Å². The third-order valence-electron chi connectivity index (χ3n) is 4.77. The summed E-state index contributed by atoms with van der Waals surface area (Å²) in [6.45, 7) is 3.67. The summed E-state index contributed by atoms with van der Waals surface area (Å²) in [6.07, 6.45) is 3.35. The van der Waals surface area contributed by atoms with Crippen LogP contribution >= 0.6 is 11.6 Å². The van der Waals surface area contributed by atoms with Crippen LogP contribution < -0.4 is 10.6 Å². The molecule has 0 aliphatic carbocycles. The minimum absolute atomic E-state index is 0.0791. The first-order chi connectivity index (χ1) is 13.0. The largest absolute Gasteiger partial charge is 0.376 e. The van der Waals surface area contributed by atoms with E-state index in [2.05, 4.69) is 10.6 Å². The number of rotatable bonds is 5. The summed E-state index contributed by atoms with van der Waals surface area (Å²) in [4.78, 5) is 26.5. The minimum Gasteiger partial charge on any atom is -0.376 e. The Bertz CT molecular complexity index is 815. The topological polar surface area (TPSA) is 61.4 Å². The maximum absolute atomic E-state index is 12.5. The van der Waals surface area contributed by atoms with Crippen LogP contribution in [0.2, 0.25) is 5.02 Å². The van der Waals surface area contributed by atoms with Crippen LogP contribution in [0.1, 0.15) is 35.2 Å². The molecular formula is C21H24ClN3O2. The van der Waals surface area contributed by atoms with Gasteiger partial charge in [0.25, 0.3) is 5.91 Å². The first-order valence-electron chi connectivity index (χ1n) is 9.23. The van der Waals surface area contributed by atoms with Gasteiger partial charge in [0.1, 0.15) is 0 Å². The number of hydrogen-bond donors (Lipinski definition) is 2. The van der Waals surface area contributed by atoms with E-state index in [1.54, 1.807) is 24.3 Å². The molecule has 5 nitrogen and oxygen atoms in total. The summed E-state index contributed by atoms with van der Waals surface area (Å²) in [6, 6.07) is 12.7. The molecular weight excluding hydrogens is 362 g/mol. The van der Waals surface area contributed by atoms with Crippen LogP contribution in [0, 0.1) is 6.92 Å². The van der Waals surface area contributed by atoms with Crippen molar-refractivity contribution in [1.82, 2.24) is 4.90 Å². The van der Waals surface area contributed by atoms with Gasteiger partial charge >= 0.3 is 0 Å². The molecule has 0 radical (unpaired) electrons. The molecule has 3 rings (SSSR count). The minimum atomic E-state index is -0.158. The van der Waals surface area contributed by atoms with Crippen molar-refractivity contribution >= 4 is 34.8 Å². The number of carbonyl (C=O) groups excluding carboxylic acids is 2. The van der Waals surface area contributed by atoms with Gasteiger partial charge in [-0.2, -0.15) is 0 Å². The Kier molecular flexibility index (Phi) is 6.35. The van der Waals surface area contributed by atoms with E-state index < -0.39 is 0 Å². The highest BCUT2D eigenvalue weighted by molar-refractivity contribution is 6.31. The molecule has 2 N–H and O–H groups in total. The molecule has 2 aromatic carbocycles. The first kappa shape index (κ1) is 19.2. The SMILES string of the molecule is Cc1c(Cl)cccc1NC(=O)CNc1ccc(C(=O)N2CCCCC2)cc1. The van der Waals surface area contributed by atoms with Gasteiger partial charge in [-0.05, 0) is 68.1 Å². The predicted molar refractivity (Wildman–Crippen MR) is 110 cm³/mol. The van der Waals surface area contributed by atoms with Gasteiger partial charge in [-0.15, -0.1) is 0 Å². The van der Waals surface area contributed by atoms with Gasteiger partial charge in [0.05, 0.1) is 6.54 Å². The number of piperidine rings is 1. The lowest BCUT2D eigenvalue weighted by atomic mass is 10.1. The van der Waals surface area contributed by atoms with Crippen LogP contribution in [-0.4, -0.2) is 36.3 Å². The van der Waals surface area contributed by atoms with Crippen molar-refractivity contribution in [1.29, 1.82) is 0 Å². The van der Waals surface area contributed by atoms with Gasteiger partial charge in [0, 0.05) is 35.1 Å². The summed E-state index contributed by atoms with van der Waals surface area (Å²) in [7, 11) is 0. The monoisotopic (exact) mass is 385 g/mol. The fourth-order valence-electron chi connectivity index (χ4n) is 3.13. The predicted octanol–water partition coefficient (Wildman–Crippen LogP) is 4.33. The van der Waals surface area contributed by atoms with E-state index in [0.717, 1.165) is 37.2 Å². The van der Waals surface area contributed by atoms with E-state index in [4.69, 9.17) is 11.6 Å². The van der Waals surface area contributed by atoms with Crippen molar-refractivity contribution in [3.63, 3.8) is 0 Å². The lowest BCUT2D eigenvalue weighted by molar-refractivity contribution is -0.114. The van der Waals surface area contributed by atoms with Crippen molar-refractivity contribution < 1.29 is 9.59 Å². The van der Waals surface area contributed by atoms with Gasteiger partial charge < -0.3 is 15.5 Å². The van der Waals surface area contributed by atoms with Crippen molar-refractivity contribution in [2.45, 2.75) is 26.2 Å². The van der Waals surface area contributed by atoms with Crippen LogP contribution in [0.4, 0.5) is 11.4 Å². The Hall–Kier alpha value is -2.53. The molecule has 1 aliphatic rings. The zero-order valence-corrected chi connectivity index (χ0v) is 16.2. The third-order valence-corrected chi connectivity index (χ3v) is 5.18. The van der Waals surface area contributed by atoms with Gasteiger partial charge in [0.15, 0.2) is 0 Å². The summed E-state index contributed by atoms with van der Waals surface area (Å²) in [5.41, 5.74) is 3.02. The summed E-state index contributed by atoms with van der Waals surface area (Å²) >= 11 is 6.07. The number of anilines is 2. The second-order valence-electron chi connectivity index (χ2n) is 6.74. The van der Waals surface area contributed by atoms with Crippen molar-refractivity contribution in [3.8, 4) is 0 Å². The number of amides is 2. The molecule has 142 valence electrons. The van der Waals surface area contributed by atoms with E-state index in [-0.39, 0.29) is 18.4 Å². The normalized spacial score (nSPS) is 13.9. The molecule has 0 bridgehead atoms. The Morgan fingerprint density at radius 3 is 2.44 bits per heavy atom. The number of halogens is 1. The molecule has 1 aliphatic heterocycles.